The van der Waals surface area contributed by atoms with Crippen LogP contribution in [0.5, 0.6) is 0 Å². The molecule has 0 saturated carbocycles. The zero-order chi connectivity index (χ0) is 21.7. The highest BCUT2D eigenvalue weighted by atomic mass is 35.5. The second-order valence-corrected chi connectivity index (χ2v) is 9.29. The number of carbonyl (C=O) groups is 2. The van der Waals surface area contributed by atoms with E-state index in [1.54, 1.807) is 12.1 Å². The van der Waals surface area contributed by atoms with Gasteiger partial charge in [0, 0.05) is 17.6 Å². The molecule has 9 heteroatoms. The molecule has 2 aromatic carbocycles. The number of rotatable bonds is 8. The maximum absolute atomic E-state index is 12.6. The fraction of sp³-hybridized carbons (Fsp3) is 0.333. The van der Waals surface area contributed by atoms with Crippen molar-refractivity contribution in [1.29, 1.82) is 0 Å². The van der Waals surface area contributed by atoms with Crippen molar-refractivity contribution >= 4 is 33.5 Å². The van der Waals surface area contributed by atoms with Crippen molar-refractivity contribution < 1.29 is 22.7 Å². The summed E-state index contributed by atoms with van der Waals surface area (Å²) < 4.78 is 32.5. The first-order valence-electron chi connectivity index (χ1n) is 9.49. The quantitative estimate of drug-likeness (QED) is 0.599. The number of fused-ring (bicyclic) bond motifs is 1. The maximum atomic E-state index is 12.6. The molecule has 2 aromatic rings. The third-order valence-electron chi connectivity index (χ3n) is 4.89. The first-order valence-corrected chi connectivity index (χ1v) is 11.3. The summed E-state index contributed by atoms with van der Waals surface area (Å²) in [5, 5.41) is 3.16. The molecule has 0 radical (unpaired) electrons. The fourth-order valence-corrected chi connectivity index (χ4v) is 4.78. The summed E-state index contributed by atoms with van der Waals surface area (Å²) in [5.41, 5.74) is 2.93. The van der Waals surface area contributed by atoms with Gasteiger partial charge < -0.3 is 10.1 Å². The van der Waals surface area contributed by atoms with Crippen LogP contribution in [0.2, 0.25) is 5.02 Å². The van der Waals surface area contributed by atoms with E-state index < -0.39 is 10.0 Å². The molecule has 7 nitrogen and oxygen atoms in total. The Bertz CT molecular complexity index is 1040. The zero-order valence-corrected chi connectivity index (χ0v) is 18.1. The monoisotopic (exact) mass is 450 g/mol. The molecule has 0 aromatic heterocycles. The number of sulfonamides is 1. The largest absolute Gasteiger partial charge is 0.469 e. The van der Waals surface area contributed by atoms with E-state index in [4.69, 9.17) is 11.6 Å². The van der Waals surface area contributed by atoms with Gasteiger partial charge in [0.25, 0.3) is 0 Å². The number of esters is 1. The van der Waals surface area contributed by atoms with Crippen molar-refractivity contribution in [3.63, 3.8) is 0 Å². The second-order valence-electron chi connectivity index (χ2n) is 7.14. The molecule has 0 saturated heterocycles. The molecule has 160 valence electrons. The number of hydrogen-bond acceptors (Lipinski definition) is 5. The van der Waals surface area contributed by atoms with Crippen LogP contribution in [-0.4, -0.2) is 40.0 Å². The Morgan fingerprint density at radius 3 is 2.50 bits per heavy atom. The third kappa shape index (κ3) is 5.81. The summed E-state index contributed by atoms with van der Waals surface area (Å²) in [6.07, 6.45) is 1.46. The Labute approximate surface area is 180 Å². The van der Waals surface area contributed by atoms with Gasteiger partial charge >= 0.3 is 5.97 Å². The molecule has 3 rings (SSSR count). The summed E-state index contributed by atoms with van der Waals surface area (Å²) in [7, 11) is -2.33. The van der Waals surface area contributed by atoms with E-state index in [-0.39, 0.29) is 42.2 Å². The highest BCUT2D eigenvalue weighted by molar-refractivity contribution is 7.89. The molecular weight excluding hydrogens is 428 g/mol. The summed E-state index contributed by atoms with van der Waals surface area (Å²) in [6.45, 7) is 0.227. The molecule has 1 aliphatic carbocycles. The van der Waals surface area contributed by atoms with Crippen LogP contribution >= 0.6 is 11.6 Å². The van der Waals surface area contributed by atoms with Gasteiger partial charge in [0.1, 0.15) is 0 Å². The van der Waals surface area contributed by atoms with Crippen molar-refractivity contribution in [3.05, 3.63) is 64.2 Å². The fourth-order valence-electron chi connectivity index (χ4n) is 3.42. The highest BCUT2D eigenvalue weighted by Crippen LogP contribution is 2.25. The molecule has 1 amide bonds. The van der Waals surface area contributed by atoms with Gasteiger partial charge in [-0.05, 0) is 53.8 Å². The van der Waals surface area contributed by atoms with Gasteiger partial charge in [0.05, 0.1) is 24.8 Å². The average molecular weight is 451 g/mol. The Kier molecular flexibility index (Phi) is 7.12. The minimum atomic E-state index is -3.64. The molecule has 1 unspecified atom stereocenters. The highest BCUT2D eigenvalue weighted by Gasteiger charge is 2.26. The SMILES string of the molecule is COC(=O)CCNC(=O)Cc1ccc2c(c1)CC(NS(=O)(=O)c1ccc(Cl)cc1)C2. The van der Waals surface area contributed by atoms with Crippen LogP contribution in [0, 0.1) is 0 Å². The van der Waals surface area contributed by atoms with Crippen LogP contribution in [-0.2, 0) is 43.6 Å². The minimum Gasteiger partial charge on any atom is -0.469 e. The van der Waals surface area contributed by atoms with E-state index in [2.05, 4.69) is 14.8 Å². The lowest BCUT2D eigenvalue weighted by atomic mass is 10.0. The molecule has 0 bridgehead atoms. The zero-order valence-electron chi connectivity index (χ0n) is 16.5. The van der Waals surface area contributed by atoms with Gasteiger partial charge in [0.2, 0.25) is 15.9 Å². The maximum Gasteiger partial charge on any atom is 0.307 e. The van der Waals surface area contributed by atoms with Crippen LogP contribution in [0.25, 0.3) is 0 Å². The molecular formula is C21H23ClN2O5S. The molecule has 0 spiro atoms. The van der Waals surface area contributed by atoms with E-state index in [1.165, 1.54) is 19.2 Å². The van der Waals surface area contributed by atoms with Crippen LogP contribution in [0.1, 0.15) is 23.1 Å². The van der Waals surface area contributed by atoms with E-state index in [1.807, 2.05) is 18.2 Å². The molecule has 0 fully saturated rings. The first kappa shape index (κ1) is 22.3. The lowest BCUT2D eigenvalue weighted by Crippen LogP contribution is -2.35. The summed E-state index contributed by atoms with van der Waals surface area (Å²) in [4.78, 5) is 23.3. The summed E-state index contributed by atoms with van der Waals surface area (Å²) >= 11 is 5.83. The number of amides is 1. The lowest BCUT2D eigenvalue weighted by Gasteiger charge is -2.12. The number of halogens is 1. The minimum absolute atomic E-state index is 0.127. The molecule has 2 N–H and O–H groups in total. The van der Waals surface area contributed by atoms with Gasteiger partial charge in [-0.3, -0.25) is 9.59 Å². The topological polar surface area (TPSA) is 102 Å². The predicted octanol–water partition coefficient (Wildman–Crippen LogP) is 2.01. The van der Waals surface area contributed by atoms with Crippen molar-refractivity contribution in [2.45, 2.75) is 36.6 Å². The summed E-state index contributed by atoms with van der Waals surface area (Å²) in [6, 6.07) is 11.5. The number of methoxy groups -OCH3 is 1. The average Bonchev–Trinajstić information content (AvgIpc) is 3.08. The van der Waals surface area contributed by atoms with E-state index >= 15 is 0 Å². The van der Waals surface area contributed by atoms with Crippen LogP contribution in [0.3, 0.4) is 0 Å². The second kappa shape index (κ2) is 9.59. The van der Waals surface area contributed by atoms with Crippen LogP contribution in [0.4, 0.5) is 0 Å². The van der Waals surface area contributed by atoms with Gasteiger partial charge in [-0.2, -0.15) is 0 Å². The molecule has 0 heterocycles. The van der Waals surface area contributed by atoms with Gasteiger partial charge in [-0.15, -0.1) is 0 Å². The van der Waals surface area contributed by atoms with Crippen LogP contribution in [0.15, 0.2) is 47.4 Å². The smallest absolute Gasteiger partial charge is 0.307 e. The standard InChI is InChI=1S/C21H23ClN2O5S/c1-29-21(26)8-9-23-20(25)11-14-2-3-15-12-18(13-16(15)10-14)24-30(27,28)19-6-4-17(22)5-7-19/h2-7,10,18,24H,8-9,11-13H2,1H3,(H,23,25). The third-order valence-corrected chi connectivity index (χ3v) is 6.68. The van der Waals surface area contributed by atoms with Crippen LogP contribution < -0.4 is 10.0 Å². The number of ether oxygens (including phenoxy) is 1. The Morgan fingerprint density at radius 1 is 1.10 bits per heavy atom. The first-order chi connectivity index (χ1) is 14.3. The molecule has 0 aliphatic heterocycles. The molecule has 1 aliphatic rings. The number of nitrogens with one attached hydrogen (secondary N) is 2. The number of hydrogen-bond donors (Lipinski definition) is 2. The van der Waals surface area contributed by atoms with Gasteiger partial charge in [-0.1, -0.05) is 29.8 Å². The van der Waals surface area contributed by atoms with E-state index in [9.17, 15) is 18.0 Å². The Hall–Kier alpha value is -2.42. The number of benzene rings is 2. The Morgan fingerprint density at radius 2 is 1.80 bits per heavy atom. The summed E-state index contributed by atoms with van der Waals surface area (Å²) in [5.74, 6) is -0.559. The Balaban J connectivity index is 1.57. The van der Waals surface area contributed by atoms with Crippen molar-refractivity contribution in [2.75, 3.05) is 13.7 Å². The number of carbonyl (C=O) groups excluding carboxylic acids is 2. The molecule has 1 atom stereocenters. The lowest BCUT2D eigenvalue weighted by molar-refractivity contribution is -0.140. The normalized spacial score (nSPS) is 15.5. The van der Waals surface area contributed by atoms with E-state index in [0.717, 1.165) is 16.7 Å². The van der Waals surface area contributed by atoms with Gasteiger partial charge in [0.15, 0.2) is 0 Å². The van der Waals surface area contributed by atoms with Crippen molar-refractivity contribution in [2.24, 2.45) is 0 Å². The molecule has 30 heavy (non-hydrogen) atoms. The predicted molar refractivity (Wildman–Crippen MR) is 113 cm³/mol. The van der Waals surface area contributed by atoms with Gasteiger partial charge in [-0.25, -0.2) is 13.1 Å². The van der Waals surface area contributed by atoms with Crippen molar-refractivity contribution in [1.82, 2.24) is 10.0 Å². The van der Waals surface area contributed by atoms with Crippen molar-refractivity contribution in [3.8, 4) is 0 Å². The van der Waals surface area contributed by atoms with E-state index in [0.29, 0.717) is 17.9 Å².